The number of rotatable bonds is 3. The third kappa shape index (κ3) is 3.25. The second kappa shape index (κ2) is 7.14. The number of nitrogens with one attached hydrogen (secondary N) is 2. The van der Waals surface area contributed by atoms with Crippen LogP contribution in [0.15, 0.2) is 18.3 Å². The first-order valence-electron chi connectivity index (χ1n) is 8.88. The van der Waals surface area contributed by atoms with Crippen molar-refractivity contribution in [2.24, 2.45) is 7.05 Å². The zero-order valence-corrected chi connectivity index (χ0v) is 17.0. The number of aromatic nitrogens is 3. The maximum absolute atomic E-state index is 12.5. The lowest BCUT2D eigenvalue weighted by Gasteiger charge is -2.27. The molecule has 0 fully saturated rings. The minimum atomic E-state index is -0.225. The molecule has 2 amide bonds. The van der Waals surface area contributed by atoms with Gasteiger partial charge in [-0.1, -0.05) is 23.2 Å². The second-order valence-electron chi connectivity index (χ2n) is 6.90. The maximum atomic E-state index is 12.5. The van der Waals surface area contributed by atoms with Crippen molar-refractivity contribution in [3.05, 3.63) is 39.6 Å². The van der Waals surface area contributed by atoms with Gasteiger partial charge < -0.3 is 15.2 Å². The van der Waals surface area contributed by atoms with E-state index in [-0.39, 0.29) is 18.4 Å². The number of H-pyrrole nitrogens is 1. The lowest BCUT2D eigenvalue weighted by Crippen LogP contribution is -2.42. The predicted molar refractivity (Wildman–Crippen MR) is 108 cm³/mol. The molecule has 0 bridgehead atoms. The molecule has 28 heavy (non-hydrogen) atoms. The van der Waals surface area contributed by atoms with Crippen LogP contribution >= 0.6 is 23.2 Å². The molecule has 0 unspecified atom stereocenters. The number of aryl methyl sites for hydroxylation is 1. The highest BCUT2D eigenvalue weighted by Crippen LogP contribution is 2.41. The Balaban J connectivity index is 1.80. The van der Waals surface area contributed by atoms with Crippen molar-refractivity contribution >= 4 is 45.9 Å². The number of benzene rings is 1. The fraction of sp³-hybridized carbons (Fsp3) is 0.316. The van der Waals surface area contributed by atoms with E-state index in [0.717, 1.165) is 33.4 Å². The van der Waals surface area contributed by atoms with Gasteiger partial charge >= 0.3 is 0 Å². The molecule has 0 saturated carbocycles. The number of nitrogens with zero attached hydrogens (tertiary/aromatic N) is 3. The molecule has 4 rings (SSSR count). The van der Waals surface area contributed by atoms with E-state index in [1.807, 2.05) is 25.4 Å². The zero-order valence-electron chi connectivity index (χ0n) is 15.5. The van der Waals surface area contributed by atoms with Crippen LogP contribution in [0.3, 0.4) is 0 Å². The van der Waals surface area contributed by atoms with Gasteiger partial charge in [0, 0.05) is 61.9 Å². The van der Waals surface area contributed by atoms with Gasteiger partial charge in [-0.3, -0.25) is 14.3 Å². The summed E-state index contributed by atoms with van der Waals surface area (Å²) in [5.74, 6) is -0.341. The lowest BCUT2D eigenvalue weighted by molar-refractivity contribution is -0.133. The minimum Gasteiger partial charge on any atom is -0.357 e. The van der Waals surface area contributed by atoms with Crippen molar-refractivity contribution in [1.82, 2.24) is 25.0 Å². The van der Waals surface area contributed by atoms with E-state index in [4.69, 9.17) is 23.2 Å². The lowest BCUT2D eigenvalue weighted by atomic mass is 9.99. The number of hydrogen-bond donors (Lipinski definition) is 2. The van der Waals surface area contributed by atoms with Crippen LogP contribution in [0.25, 0.3) is 22.2 Å². The molecular weight excluding hydrogens is 401 g/mol. The summed E-state index contributed by atoms with van der Waals surface area (Å²) in [4.78, 5) is 28.7. The molecule has 3 heterocycles. The van der Waals surface area contributed by atoms with Gasteiger partial charge in [-0.25, -0.2) is 0 Å². The van der Waals surface area contributed by atoms with Gasteiger partial charge in [-0.05, 0) is 12.1 Å². The summed E-state index contributed by atoms with van der Waals surface area (Å²) in [6.45, 7) is 2.40. The first kappa shape index (κ1) is 18.8. The van der Waals surface area contributed by atoms with Crippen molar-refractivity contribution in [2.75, 3.05) is 13.1 Å². The third-order valence-corrected chi connectivity index (χ3v) is 5.76. The molecule has 2 aromatic heterocycles. The topological polar surface area (TPSA) is 83.0 Å². The number of halogens is 2. The molecule has 1 aromatic carbocycles. The van der Waals surface area contributed by atoms with Gasteiger partial charge in [0.2, 0.25) is 11.8 Å². The molecule has 1 aliphatic heterocycles. The summed E-state index contributed by atoms with van der Waals surface area (Å²) in [5, 5.41) is 8.91. The van der Waals surface area contributed by atoms with Crippen molar-refractivity contribution < 1.29 is 9.59 Å². The summed E-state index contributed by atoms with van der Waals surface area (Å²) >= 11 is 12.8. The highest BCUT2D eigenvalue weighted by Gasteiger charge is 2.27. The second-order valence-corrected chi connectivity index (χ2v) is 7.69. The Labute approximate surface area is 171 Å². The molecule has 7 nitrogen and oxygen atoms in total. The van der Waals surface area contributed by atoms with Gasteiger partial charge in [0.05, 0.1) is 27.8 Å². The Morgan fingerprint density at radius 3 is 2.82 bits per heavy atom. The van der Waals surface area contributed by atoms with Crippen molar-refractivity contribution in [1.29, 1.82) is 0 Å². The number of carbonyl (C=O) groups is 2. The molecule has 0 radical (unpaired) electrons. The normalized spacial score (nSPS) is 13.6. The molecule has 3 aromatic rings. The Hall–Kier alpha value is -2.51. The molecule has 2 N–H and O–H groups in total. The highest BCUT2D eigenvalue weighted by molar-refractivity contribution is 6.45. The van der Waals surface area contributed by atoms with Crippen molar-refractivity contribution in [3.63, 3.8) is 0 Å². The molecule has 0 aliphatic carbocycles. The van der Waals surface area contributed by atoms with Crippen LogP contribution in [0.1, 0.15) is 18.2 Å². The van der Waals surface area contributed by atoms with Gasteiger partial charge in [0.25, 0.3) is 0 Å². The van der Waals surface area contributed by atoms with E-state index in [9.17, 15) is 9.59 Å². The standard InChI is InChI=1S/C19H19Cl2N5O2/c1-10(27)22-8-16(28)26-6-4-14-12(9-26)17-11(15-3-5-25(2)24-15)7-13(20)18(21)19(17)23-14/h3,5,7,23H,4,6,8-9H2,1-2H3,(H,22,27). The monoisotopic (exact) mass is 419 g/mol. The van der Waals surface area contributed by atoms with Crippen LogP contribution in [0, 0.1) is 0 Å². The Morgan fingerprint density at radius 1 is 1.36 bits per heavy atom. The zero-order chi connectivity index (χ0) is 20.0. The average Bonchev–Trinajstić information content (AvgIpc) is 3.26. The summed E-state index contributed by atoms with van der Waals surface area (Å²) in [7, 11) is 1.85. The molecule has 0 atom stereocenters. The number of fused-ring (bicyclic) bond motifs is 3. The van der Waals surface area contributed by atoms with Crippen molar-refractivity contribution in [3.8, 4) is 11.3 Å². The SMILES string of the molecule is CC(=O)NCC(=O)N1CCc2[nH]c3c(Cl)c(Cl)cc(-c4ccn(C)n4)c3c2C1. The van der Waals surface area contributed by atoms with Gasteiger partial charge in [-0.2, -0.15) is 5.10 Å². The minimum absolute atomic E-state index is 0.00724. The summed E-state index contributed by atoms with van der Waals surface area (Å²) in [6.07, 6.45) is 2.54. The molecule has 146 valence electrons. The number of carbonyl (C=O) groups excluding carboxylic acids is 2. The molecule has 0 spiro atoms. The molecule has 0 saturated heterocycles. The van der Waals surface area contributed by atoms with Gasteiger partial charge in [0.1, 0.15) is 0 Å². The summed E-state index contributed by atoms with van der Waals surface area (Å²) < 4.78 is 1.73. The first-order valence-corrected chi connectivity index (χ1v) is 9.64. The van der Waals surface area contributed by atoms with E-state index in [2.05, 4.69) is 15.4 Å². The first-order chi connectivity index (χ1) is 13.3. The van der Waals surface area contributed by atoms with Gasteiger partial charge in [-0.15, -0.1) is 0 Å². The van der Waals surface area contributed by atoms with Crippen LogP contribution < -0.4 is 5.32 Å². The Bertz CT molecular complexity index is 1100. The molecule has 1 aliphatic rings. The number of aromatic amines is 1. The smallest absolute Gasteiger partial charge is 0.242 e. The van der Waals surface area contributed by atoms with Crippen LogP contribution in [-0.2, 0) is 29.6 Å². The van der Waals surface area contributed by atoms with E-state index < -0.39 is 0 Å². The summed E-state index contributed by atoms with van der Waals surface area (Å²) in [5.41, 5.74) is 4.47. The van der Waals surface area contributed by atoms with Gasteiger partial charge in [0.15, 0.2) is 0 Å². The van der Waals surface area contributed by atoms with E-state index in [1.165, 1.54) is 6.92 Å². The maximum Gasteiger partial charge on any atom is 0.242 e. The Morgan fingerprint density at radius 2 is 2.14 bits per heavy atom. The van der Waals surface area contributed by atoms with Crippen LogP contribution in [0.2, 0.25) is 10.0 Å². The van der Waals surface area contributed by atoms with E-state index >= 15 is 0 Å². The molecular formula is C19H19Cl2N5O2. The fourth-order valence-corrected chi connectivity index (χ4v) is 4.02. The van der Waals surface area contributed by atoms with Crippen LogP contribution in [-0.4, -0.2) is 44.6 Å². The molecule has 9 heteroatoms. The largest absolute Gasteiger partial charge is 0.357 e. The van der Waals surface area contributed by atoms with Crippen molar-refractivity contribution in [2.45, 2.75) is 19.9 Å². The van der Waals surface area contributed by atoms with E-state index in [0.29, 0.717) is 29.6 Å². The van der Waals surface area contributed by atoms with Crippen LogP contribution in [0.5, 0.6) is 0 Å². The van der Waals surface area contributed by atoms with Crippen LogP contribution in [0.4, 0.5) is 0 Å². The number of amides is 2. The third-order valence-electron chi connectivity index (χ3n) is 4.97. The highest BCUT2D eigenvalue weighted by atomic mass is 35.5. The number of hydrogen-bond acceptors (Lipinski definition) is 3. The fourth-order valence-electron chi connectivity index (χ4n) is 3.62. The average molecular weight is 420 g/mol. The predicted octanol–water partition coefficient (Wildman–Crippen LogP) is 2.90. The quantitative estimate of drug-likeness (QED) is 0.684. The summed E-state index contributed by atoms with van der Waals surface area (Å²) in [6, 6.07) is 3.74. The van der Waals surface area contributed by atoms with E-state index in [1.54, 1.807) is 9.58 Å². The Kier molecular flexibility index (Phi) is 4.81.